The summed E-state index contributed by atoms with van der Waals surface area (Å²) < 4.78 is 25.3. The van der Waals surface area contributed by atoms with Gasteiger partial charge in [0.2, 0.25) is 10.0 Å². The maximum atomic E-state index is 12.6. The standard InChI is InChI=1S/C26H27N3O3S/c1-2-3-13-28-24-16-19(15-21-20-11-7-8-12-23(20)29-26(21)30)17-25(33(27,31)32)22(24)14-18-9-5-4-6-10-18/h4-12,15-17,28H,2-3,13-14H2,1H3,(H,29,30)(H2,27,31,32). The smallest absolute Gasteiger partial charge is 0.256 e. The van der Waals surface area contributed by atoms with Crippen LogP contribution < -0.4 is 15.8 Å². The zero-order valence-corrected chi connectivity index (χ0v) is 19.3. The minimum atomic E-state index is -4.01. The van der Waals surface area contributed by atoms with E-state index in [9.17, 15) is 13.2 Å². The number of amides is 1. The van der Waals surface area contributed by atoms with Crippen molar-refractivity contribution >= 4 is 39.0 Å². The van der Waals surface area contributed by atoms with Crippen molar-refractivity contribution in [2.45, 2.75) is 31.1 Å². The minimum absolute atomic E-state index is 0.0615. The fraction of sp³-hybridized carbons (Fsp3) is 0.192. The van der Waals surface area contributed by atoms with E-state index in [1.165, 1.54) is 0 Å². The van der Waals surface area contributed by atoms with Gasteiger partial charge >= 0.3 is 0 Å². The largest absolute Gasteiger partial charge is 0.385 e. The van der Waals surface area contributed by atoms with Crippen LogP contribution in [0.4, 0.5) is 11.4 Å². The third-order valence-corrected chi connectivity index (χ3v) is 6.61. The molecule has 0 unspecified atom stereocenters. The molecular weight excluding hydrogens is 434 g/mol. The van der Waals surface area contributed by atoms with Gasteiger partial charge < -0.3 is 10.6 Å². The van der Waals surface area contributed by atoms with Crippen molar-refractivity contribution in [1.29, 1.82) is 0 Å². The van der Waals surface area contributed by atoms with E-state index in [0.29, 0.717) is 35.4 Å². The number of unbranched alkanes of at least 4 members (excludes halogenated alkanes) is 1. The Balaban J connectivity index is 1.85. The van der Waals surface area contributed by atoms with Crippen LogP contribution in [0, 0.1) is 0 Å². The molecule has 0 spiro atoms. The lowest BCUT2D eigenvalue weighted by Gasteiger charge is -2.17. The van der Waals surface area contributed by atoms with Crippen LogP contribution in [0.3, 0.4) is 0 Å². The van der Waals surface area contributed by atoms with Gasteiger partial charge in [-0.15, -0.1) is 0 Å². The number of rotatable bonds is 8. The maximum Gasteiger partial charge on any atom is 0.256 e. The van der Waals surface area contributed by atoms with Crippen molar-refractivity contribution in [3.63, 3.8) is 0 Å². The van der Waals surface area contributed by atoms with Crippen LogP contribution in [0.2, 0.25) is 0 Å². The van der Waals surface area contributed by atoms with E-state index in [1.54, 1.807) is 12.1 Å². The van der Waals surface area contributed by atoms with Crippen LogP contribution >= 0.6 is 0 Å². The van der Waals surface area contributed by atoms with Gasteiger partial charge in [0.05, 0.1) is 4.90 Å². The number of nitrogens with one attached hydrogen (secondary N) is 2. The summed E-state index contributed by atoms with van der Waals surface area (Å²) in [5.74, 6) is -0.220. The molecule has 0 aromatic heterocycles. The molecule has 0 saturated heterocycles. The summed E-state index contributed by atoms with van der Waals surface area (Å²) in [5.41, 5.74) is 4.92. The highest BCUT2D eigenvalue weighted by Gasteiger charge is 2.25. The zero-order chi connectivity index (χ0) is 23.4. The van der Waals surface area contributed by atoms with Crippen molar-refractivity contribution < 1.29 is 13.2 Å². The van der Waals surface area contributed by atoms with Gasteiger partial charge in [-0.3, -0.25) is 4.79 Å². The van der Waals surface area contributed by atoms with Crippen molar-refractivity contribution in [2.24, 2.45) is 5.14 Å². The summed E-state index contributed by atoms with van der Waals surface area (Å²) in [5, 5.41) is 11.9. The Bertz CT molecular complexity index is 1320. The minimum Gasteiger partial charge on any atom is -0.385 e. The van der Waals surface area contributed by atoms with Gasteiger partial charge in [-0.2, -0.15) is 0 Å². The molecule has 3 aromatic rings. The topological polar surface area (TPSA) is 101 Å². The Kier molecular flexibility index (Phi) is 6.62. The quantitative estimate of drug-likeness (QED) is 0.336. The molecule has 7 heteroatoms. The lowest BCUT2D eigenvalue weighted by Crippen LogP contribution is -2.17. The third-order valence-electron chi connectivity index (χ3n) is 5.63. The first-order chi connectivity index (χ1) is 15.9. The van der Waals surface area contributed by atoms with E-state index in [0.717, 1.165) is 29.7 Å². The molecule has 4 N–H and O–H groups in total. The number of hydrogen-bond donors (Lipinski definition) is 3. The monoisotopic (exact) mass is 461 g/mol. The number of benzene rings is 3. The molecule has 6 nitrogen and oxygen atoms in total. The van der Waals surface area contributed by atoms with Gasteiger partial charge in [0.1, 0.15) is 0 Å². The second kappa shape index (κ2) is 9.60. The molecule has 4 rings (SSSR count). The second-order valence-electron chi connectivity index (χ2n) is 8.09. The summed E-state index contributed by atoms with van der Waals surface area (Å²) in [4.78, 5) is 12.6. The van der Waals surface area contributed by atoms with E-state index in [4.69, 9.17) is 5.14 Å². The van der Waals surface area contributed by atoms with E-state index in [2.05, 4.69) is 17.6 Å². The number of primary sulfonamides is 1. The lowest BCUT2D eigenvalue weighted by molar-refractivity contribution is -0.110. The van der Waals surface area contributed by atoms with E-state index >= 15 is 0 Å². The number of anilines is 2. The number of fused-ring (bicyclic) bond motifs is 1. The average molecular weight is 462 g/mol. The molecule has 170 valence electrons. The molecular formula is C26H27N3O3S. The highest BCUT2D eigenvalue weighted by Crippen LogP contribution is 2.35. The van der Waals surface area contributed by atoms with Crippen LogP contribution in [-0.4, -0.2) is 20.9 Å². The maximum absolute atomic E-state index is 12.6. The molecule has 0 aliphatic carbocycles. The number of para-hydroxylation sites is 1. The van der Waals surface area contributed by atoms with Crippen molar-refractivity contribution in [2.75, 3.05) is 17.2 Å². The van der Waals surface area contributed by atoms with Crippen LogP contribution in [0.1, 0.15) is 42.0 Å². The Labute approximate surface area is 194 Å². The SMILES string of the molecule is CCCCNc1cc(C=C2C(=O)Nc3ccccc32)cc(S(N)(=O)=O)c1Cc1ccccc1. The highest BCUT2D eigenvalue weighted by molar-refractivity contribution is 7.89. The third kappa shape index (κ3) is 5.16. The molecule has 1 heterocycles. The molecule has 0 saturated carbocycles. The van der Waals surface area contributed by atoms with Gasteiger partial charge in [0, 0.05) is 35.5 Å². The molecule has 3 aromatic carbocycles. The van der Waals surface area contributed by atoms with Crippen LogP contribution in [0.5, 0.6) is 0 Å². The predicted octanol–water partition coefficient (Wildman–Crippen LogP) is 4.63. The van der Waals surface area contributed by atoms with Crippen LogP contribution in [0.25, 0.3) is 11.6 Å². The van der Waals surface area contributed by atoms with Gasteiger partial charge in [0.25, 0.3) is 5.91 Å². The zero-order valence-electron chi connectivity index (χ0n) is 18.5. The number of carbonyl (C=O) groups is 1. The van der Waals surface area contributed by atoms with Gasteiger partial charge in [0.15, 0.2) is 0 Å². The Morgan fingerprint density at radius 3 is 2.48 bits per heavy atom. The first-order valence-electron chi connectivity index (χ1n) is 11.0. The molecule has 1 aliphatic rings. The second-order valence-corrected chi connectivity index (χ2v) is 9.62. The molecule has 1 amide bonds. The van der Waals surface area contributed by atoms with Crippen LogP contribution in [-0.2, 0) is 21.2 Å². The Morgan fingerprint density at radius 2 is 1.76 bits per heavy atom. The normalized spacial score (nSPS) is 14.2. The molecule has 0 radical (unpaired) electrons. The fourth-order valence-electron chi connectivity index (χ4n) is 3.99. The van der Waals surface area contributed by atoms with E-state index in [1.807, 2.05) is 60.7 Å². The van der Waals surface area contributed by atoms with Gasteiger partial charge in [-0.05, 0) is 47.4 Å². The molecule has 0 bridgehead atoms. The van der Waals surface area contributed by atoms with Gasteiger partial charge in [-0.25, -0.2) is 13.6 Å². The summed E-state index contributed by atoms with van der Waals surface area (Å²) >= 11 is 0. The summed E-state index contributed by atoms with van der Waals surface area (Å²) in [6, 6.07) is 20.5. The first-order valence-corrected chi connectivity index (χ1v) is 12.5. The summed E-state index contributed by atoms with van der Waals surface area (Å²) in [7, 11) is -4.01. The number of carbonyl (C=O) groups excluding carboxylic acids is 1. The van der Waals surface area contributed by atoms with Crippen LogP contribution in [0.15, 0.2) is 71.6 Å². The Morgan fingerprint density at radius 1 is 1.03 bits per heavy atom. The number of hydrogen-bond acceptors (Lipinski definition) is 4. The van der Waals surface area contributed by atoms with E-state index < -0.39 is 10.0 Å². The molecule has 1 aliphatic heterocycles. The predicted molar refractivity (Wildman–Crippen MR) is 133 cm³/mol. The number of sulfonamides is 1. The lowest BCUT2D eigenvalue weighted by atomic mass is 9.98. The van der Waals surface area contributed by atoms with Crippen molar-refractivity contribution in [3.05, 3.63) is 89.0 Å². The fourth-order valence-corrected chi connectivity index (χ4v) is 4.82. The van der Waals surface area contributed by atoms with E-state index in [-0.39, 0.29) is 10.8 Å². The first kappa shape index (κ1) is 22.8. The van der Waals surface area contributed by atoms with Gasteiger partial charge in [-0.1, -0.05) is 61.9 Å². The highest BCUT2D eigenvalue weighted by atomic mass is 32.2. The number of nitrogens with two attached hydrogens (primary N) is 1. The summed E-state index contributed by atoms with van der Waals surface area (Å²) in [6.45, 7) is 2.80. The molecule has 0 fully saturated rings. The van der Waals surface area contributed by atoms with Crippen molar-refractivity contribution in [1.82, 2.24) is 0 Å². The Hall–Kier alpha value is -3.42. The van der Waals surface area contributed by atoms with Crippen molar-refractivity contribution in [3.8, 4) is 0 Å². The molecule has 33 heavy (non-hydrogen) atoms. The average Bonchev–Trinajstić information content (AvgIpc) is 3.10. The molecule has 0 atom stereocenters. The summed E-state index contributed by atoms with van der Waals surface area (Å²) in [6.07, 6.45) is 4.08.